The maximum absolute atomic E-state index is 12.4. The maximum Gasteiger partial charge on any atom is 0.170 e. The predicted octanol–water partition coefficient (Wildman–Crippen LogP) is 3.74. The largest absolute Gasteiger partial charge is 0.496 e. The molecule has 2 heteroatoms. The van der Waals surface area contributed by atoms with Crippen molar-refractivity contribution in [3.05, 3.63) is 64.7 Å². The molecule has 0 atom stereocenters. The van der Waals surface area contributed by atoms with Crippen LogP contribution in [0.5, 0.6) is 5.75 Å². The summed E-state index contributed by atoms with van der Waals surface area (Å²) in [6.45, 7) is 4.00. The van der Waals surface area contributed by atoms with Crippen molar-refractivity contribution in [2.45, 2.75) is 20.3 Å². The number of rotatable bonds is 4. The second-order valence-corrected chi connectivity index (χ2v) is 4.79. The van der Waals surface area contributed by atoms with Crippen LogP contribution in [0.4, 0.5) is 0 Å². The van der Waals surface area contributed by atoms with Gasteiger partial charge < -0.3 is 4.74 Å². The van der Waals surface area contributed by atoms with Gasteiger partial charge in [-0.05, 0) is 31.5 Å². The Bertz CT molecular complexity index is 600. The van der Waals surface area contributed by atoms with Gasteiger partial charge in [-0.2, -0.15) is 0 Å². The molecule has 0 aliphatic rings. The minimum absolute atomic E-state index is 0.0890. The number of ether oxygens (including phenoxy) is 1. The van der Waals surface area contributed by atoms with Crippen LogP contribution in [0, 0.1) is 13.8 Å². The summed E-state index contributed by atoms with van der Waals surface area (Å²) in [6, 6.07) is 13.7. The van der Waals surface area contributed by atoms with E-state index in [-0.39, 0.29) is 5.78 Å². The van der Waals surface area contributed by atoms with Crippen molar-refractivity contribution in [3.8, 4) is 5.75 Å². The van der Waals surface area contributed by atoms with E-state index >= 15 is 0 Å². The third kappa shape index (κ3) is 3.22. The minimum Gasteiger partial charge on any atom is -0.496 e. The number of carbonyl (C=O) groups is 1. The van der Waals surface area contributed by atoms with Crippen LogP contribution in [0.3, 0.4) is 0 Å². The van der Waals surface area contributed by atoms with Crippen LogP contribution >= 0.6 is 0 Å². The van der Waals surface area contributed by atoms with Gasteiger partial charge in [-0.3, -0.25) is 4.79 Å². The zero-order valence-electron chi connectivity index (χ0n) is 11.6. The Balaban J connectivity index is 2.27. The van der Waals surface area contributed by atoms with Gasteiger partial charge in [0.15, 0.2) is 5.78 Å². The molecule has 0 saturated heterocycles. The fourth-order valence-corrected chi connectivity index (χ4v) is 2.14. The zero-order chi connectivity index (χ0) is 13.8. The summed E-state index contributed by atoms with van der Waals surface area (Å²) in [5.74, 6) is 0.731. The van der Waals surface area contributed by atoms with Gasteiger partial charge in [-0.25, -0.2) is 0 Å². The van der Waals surface area contributed by atoms with E-state index in [1.54, 1.807) is 7.11 Å². The minimum atomic E-state index is 0.0890. The van der Waals surface area contributed by atoms with Gasteiger partial charge in [0.2, 0.25) is 0 Å². The van der Waals surface area contributed by atoms with Gasteiger partial charge >= 0.3 is 0 Å². The van der Waals surface area contributed by atoms with Crippen molar-refractivity contribution in [1.82, 2.24) is 0 Å². The molecule has 2 rings (SSSR count). The van der Waals surface area contributed by atoms with Gasteiger partial charge in [-0.15, -0.1) is 0 Å². The zero-order valence-corrected chi connectivity index (χ0v) is 11.6. The molecule has 2 aromatic carbocycles. The van der Waals surface area contributed by atoms with E-state index in [2.05, 4.69) is 0 Å². The van der Waals surface area contributed by atoms with E-state index in [1.165, 1.54) is 5.56 Å². The van der Waals surface area contributed by atoms with E-state index in [4.69, 9.17) is 4.74 Å². The number of hydrogen-bond donors (Lipinski definition) is 0. The molecular formula is C17H18O2. The summed E-state index contributed by atoms with van der Waals surface area (Å²) >= 11 is 0. The highest BCUT2D eigenvalue weighted by molar-refractivity contribution is 6.00. The highest BCUT2D eigenvalue weighted by atomic mass is 16.5. The standard InChI is InChI=1S/C17H18O2/c1-12-5-4-6-14(9-12)11-16(18)15-10-13(2)7-8-17(15)19-3/h4-10H,11H2,1-3H3. The summed E-state index contributed by atoms with van der Waals surface area (Å²) in [6.07, 6.45) is 0.404. The molecule has 0 radical (unpaired) electrons. The molecule has 0 saturated carbocycles. The van der Waals surface area contributed by atoms with Crippen LogP contribution in [0.2, 0.25) is 0 Å². The normalized spacial score (nSPS) is 10.3. The fourth-order valence-electron chi connectivity index (χ4n) is 2.14. The molecule has 0 fully saturated rings. The lowest BCUT2D eigenvalue weighted by molar-refractivity contribution is 0.0990. The van der Waals surface area contributed by atoms with Gasteiger partial charge in [-0.1, -0.05) is 41.5 Å². The summed E-state index contributed by atoms with van der Waals surface area (Å²) in [7, 11) is 1.59. The quantitative estimate of drug-likeness (QED) is 0.777. The molecule has 0 aromatic heterocycles. The second kappa shape index (κ2) is 5.70. The molecule has 19 heavy (non-hydrogen) atoms. The summed E-state index contributed by atoms with van der Waals surface area (Å²) < 4.78 is 5.26. The Kier molecular flexibility index (Phi) is 4.00. The van der Waals surface area contributed by atoms with Gasteiger partial charge in [0.1, 0.15) is 5.75 Å². The SMILES string of the molecule is COc1ccc(C)cc1C(=O)Cc1cccc(C)c1. The highest BCUT2D eigenvalue weighted by Gasteiger charge is 2.13. The monoisotopic (exact) mass is 254 g/mol. The lowest BCUT2D eigenvalue weighted by Gasteiger charge is -2.09. The van der Waals surface area contributed by atoms with E-state index < -0.39 is 0 Å². The second-order valence-electron chi connectivity index (χ2n) is 4.79. The van der Waals surface area contributed by atoms with Gasteiger partial charge in [0.25, 0.3) is 0 Å². The molecule has 0 aliphatic carbocycles. The molecule has 0 heterocycles. The van der Waals surface area contributed by atoms with Crippen LogP contribution in [-0.2, 0) is 6.42 Å². The van der Waals surface area contributed by atoms with Crippen LogP contribution in [0.25, 0.3) is 0 Å². The van der Waals surface area contributed by atoms with Crippen molar-refractivity contribution < 1.29 is 9.53 Å². The number of Topliss-reactive ketones (excluding diaryl/α,β-unsaturated/α-hetero) is 1. The topological polar surface area (TPSA) is 26.3 Å². The predicted molar refractivity (Wildman–Crippen MR) is 76.9 cm³/mol. The molecule has 2 nitrogen and oxygen atoms in total. The third-order valence-corrected chi connectivity index (χ3v) is 3.10. The number of carbonyl (C=O) groups excluding carboxylic acids is 1. The number of hydrogen-bond acceptors (Lipinski definition) is 2. The average Bonchev–Trinajstić information content (AvgIpc) is 2.38. The molecule has 0 amide bonds. The first-order chi connectivity index (χ1) is 9.10. The Labute approximate surface area is 114 Å². The van der Waals surface area contributed by atoms with E-state index in [0.717, 1.165) is 11.1 Å². The molecular weight excluding hydrogens is 236 g/mol. The Morgan fingerprint density at radius 1 is 1.05 bits per heavy atom. The fraction of sp³-hybridized carbons (Fsp3) is 0.235. The first-order valence-electron chi connectivity index (χ1n) is 6.33. The lowest BCUT2D eigenvalue weighted by Crippen LogP contribution is -2.06. The number of benzene rings is 2. The van der Waals surface area contributed by atoms with E-state index in [1.807, 2.05) is 56.3 Å². The lowest BCUT2D eigenvalue weighted by atomic mass is 9.99. The van der Waals surface area contributed by atoms with Crippen LogP contribution in [0.15, 0.2) is 42.5 Å². The molecule has 0 N–H and O–H groups in total. The molecule has 0 aliphatic heterocycles. The van der Waals surface area contributed by atoms with Crippen LogP contribution in [0.1, 0.15) is 27.0 Å². The molecule has 2 aromatic rings. The van der Waals surface area contributed by atoms with Crippen molar-refractivity contribution in [2.24, 2.45) is 0 Å². The molecule has 98 valence electrons. The summed E-state index contributed by atoms with van der Waals surface area (Å²) in [5, 5.41) is 0. The molecule has 0 spiro atoms. The number of methoxy groups -OCH3 is 1. The highest BCUT2D eigenvalue weighted by Crippen LogP contribution is 2.21. The Morgan fingerprint density at radius 2 is 1.79 bits per heavy atom. The van der Waals surface area contributed by atoms with Crippen molar-refractivity contribution >= 4 is 5.78 Å². The summed E-state index contributed by atoms with van der Waals surface area (Å²) in [5.41, 5.74) is 3.92. The van der Waals surface area contributed by atoms with Gasteiger partial charge in [0.05, 0.1) is 12.7 Å². The van der Waals surface area contributed by atoms with Crippen molar-refractivity contribution in [2.75, 3.05) is 7.11 Å². The van der Waals surface area contributed by atoms with Crippen molar-refractivity contribution in [1.29, 1.82) is 0 Å². The first kappa shape index (κ1) is 13.3. The summed E-state index contributed by atoms with van der Waals surface area (Å²) in [4.78, 5) is 12.4. The number of ketones is 1. The third-order valence-electron chi connectivity index (χ3n) is 3.10. The van der Waals surface area contributed by atoms with E-state index in [0.29, 0.717) is 17.7 Å². The maximum atomic E-state index is 12.4. The Morgan fingerprint density at radius 3 is 2.47 bits per heavy atom. The number of aryl methyl sites for hydroxylation is 2. The van der Waals surface area contributed by atoms with Crippen molar-refractivity contribution in [3.63, 3.8) is 0 Å². The Hall–Kier alpha value is -2.09. The molecule has 0 bridgehead atoms. The first-order valence-corrected chi connectivity index (χ1v) is 6.33. The average molecular weight is 254 g/mol. The van der Waals surface area contributed by atoms with Crippen LogP contribution in [-0.4, -0.2) is 12.9 Å². The molecule has 0 unspecified atom stereocenters. The van der Waals surface area contributed by atoms with Gasteiger partial charge in [0, 0.05) is 6.42 Å². The smallest absolute Gasteiger partial charge is 0.170 e. The van der Waals surface area contributed by atoms with Crippen LogP contribution < -0.4 is 4.74 Å². The van der Waals surface area contributed by atoms with E-state index in [9.17, 15) is 4.79 Å².